The number of rotatable bonds is 1. The van der Waals surface area contributed by atoms with Crippen molar-refractivity contribution in [2.75, 3.05) is 0 Å². The van der Waals surface area contributed by atoms with Crippen LogP contribution in [-0.4, -0.2) is 11.8 Å². The van der Waals surface area contributed by atoms with Crippen LogP contribution in [0.15, 0.2) is 38.5 Å². The minimum absolute atomic E-state index is 0.0637. The lowest BCUT2D eigenvalue weighted by Gasteiger charge is -2.00. The lowest BCUT2D eigenvalue weighted by Crippen LogP contribution is -1.94. The first-order chi connectivity index (χ1) is 6.70. The van der Waals surface area contributed by atoms with Crippen LogP contribution in [0, 0.1) is 0 Å². The maximum atomic E-state index is 10.9. The van der Waals surface area contributed by atoms with E-state index in [0.29, 0.717) is 16.7 Å². The van der Waals surface area contributed by atoms with Crippen LogP contribution >= 0.6 is 0 Å². The SMILES string of the molecule is C=Nc1cc(O)cc2ccc(=O)oc12. The Kier molecular flexibility index (Phi) is 1.81. The Bertz CT molecular complexity index is 557. The van der Waals surface area contributed by atoms with E-state index < -0.39 is 5.63 Å². The minimum Gasteiger partial charge on any atom is -0.508 e. The predicted molar refractivity (Wildman–Crippen MR) is 53.4 cm³/mol. The second kappa shape index (κ2) is 2.99. The molecule has 0 aliphatic heterocycles. The summed E-state index contributed by atoms with van der Waals surface area (Å²) in [6.07, 6.45) is 0. The molecular weight excluding hydrogens is 182 g/mol. The number of phenols is 1. The van der Waals surface area contributed by atoms with Crippen molar-refractivity contribution in [2.24, 2.45) is 4.99 Å². The number of nitrogens with zero attached hydrogens (tertiary/aromatic N) is 1. The van der Waals surface area contributed by atoms with Crippen LogP contribution in [0.5, 0.6) is 5.75 Å². The smallest absolute Gasteiger partial charge is 0.336 e. The molecule has 0 unspecified atom stereocenters. The van der Waals surface area contributed by atoms with Gasteiger partial charge in [-0.05, 0) is 18.9 Å². The lowest BCUT2D eigenvalue weighted by atomic mass is 10.2. The molecule has 0 radical (unpaired) electrons. The zero-order chi connectivity index (χ0) is 10.1. The van der Waals surface area contributed by atoms with E-state index in [1.54, 1.807) is 6.07 Å². The number of aliphatic imine (C=N–C) groups is 1. The molecule has 0 atom stereocenters. The zero-order valence-corrected chi connectivity index (χ0v) is 7.23. The van der Waals surface area contributed by atoms with Gasteiger partial charge in [0.2, 0.25) is 0 Å². The van der Waals surface area contributed by atoms with Gasteiger partial charge in [0.15, 0.2) is 5.58 Å². The van der Waals surface area contributed by atoms with E-state index in [-0.39, 0.29) is 5.75 Å². The third-order valence-electron chi connectivity index (χ3n) is 1.85. The Hall–Kier alpha value is -2.10. The highest BCUT2D eigenvalue weighted by atomic mass is 16.4. The lowest BCUT2D eigenvalue weighted by molar-refractivity contribution is 0.475. The van der Waals surface area contributed by atoms with Crippen LogP contribution in [0.1, 0.15) is 0 Å². The van der Waals surface area contributed by atoms with Gasteiger partial charge in [-0.2, -0.15) is 0 Å². The largest absolute Gasteiger partial charge is 0.508 e. The highest BCUT2D eigenvalue weighted by Gasteiger charge is 2.04. The van der Waals surface area contributed by atoms with Gasteiger partial charge in [-0.1, -0.05) is 0 Å². The van der Waals surface area contributed by atoms with Crippen molar-refractivity contribution in [2.45, 2.75) is 0 Å². The summed E-state index contributed by atoms with van der Waals surface area (Å²) in [4.78, 5) is 14.6. The summed E-state index contributed by atoms with van der Waals surface area (Å²) in [6.45, 7) is 3.33. The molecule has 4 heteroatoms. The molecule has 1 heterocycles. The molecule has 0 aliphatic carbocycles. The summed E-state index contributed by atoms with van der Waals surface area (Å²) < 4.78 is 4.94. The molecule has 0 fully saturated rings. The summed E-state index contributed by atoms with van der Waals surface area (Å²) in [5.74, 6) is 0.0637. The zero-order valence-electron chi connectivity index (χ0n) is 7.23. The van der Waals surface area contributed by atoms with Gasteiger partial charge in [-0.15, -0.1) is 0 Å². The molecule has 0 amide bonds. The maximum absolute atomic E-state index is 10.9. The molecule has 0 spiro atoms. The van der Waals surface area contributed by atoms with Gasteiger partial charge < -0.3 is 9.52 Å². The van der Waals surface area contributed by atoms with Gasteiger partial charge in [0.25, 0.3) is 0 Å². The van der Waals surface area contributed by atoms with Gasteiger partial charge in [-0.3, -0.25) is 4.99 Å². The van der Waals surface area contributed by atoms with Crippen LogP contribution < -0.4 is 5.63 Å². The summed E-state index contributed by atoms with van der Waals surface area (Å²) >= 11 is 0. The molecule has 1 aromatic carbocycles. The minimum atomic E-state index is -0.451. The average Bonchev–Trinajstić information content (AvgIpc) is 2.17. The Labute approximate surface area is 79.1 Å². The fraction of sp³-hybridized carbons (Fsp3) is 0. The summed E-state index contributed by atoms with van der Waals surface area (Å²) in [7, 11) is 0. The molecule has 14 heavy (non-hydrogen) atoms. The van der Waals surface area contributed by atoms with Crippen molar-refractivity contribution in [3.8, 4) is 5.75 Å². The molecule has 0 saturated heterocycles. The van der Waals surface area contributed by atoms with Crippen molar-refractivity contribution in [3.05, 3.63) is 34.7 Å². The first-order valence-electron chi connectivity index (χ1n) is 3.94. The molecule has 0 saturated carbocycles. The summed E-state index contributed by atoms with van der Waals surface area (Å²) in [5, 5.41) is 9.92. The molecule has 2 aromatic rings. The van der Waals surface area contributed by atoms with E-state index in [2.05, 4.69) is 11.7 Å². The van der Waals surface area contributed by atoms with Crippen molar-refractivity contribution < 1.29 is 9.52 Å². The van der Waals surface area contributed by atoms with Crippen molar-refractivity contribution in [1.29, 1.82) is 0 Å². The summed E-state index contributed by atoms with van der Waals surface area (Å²) in [5.41, 5.74) is 0.246. The Morgan fingerprint density at radius 3 is 2.86 bits per heavy atom. The van der Waals surface area contributed by atoms with Gasteiger partial charge >= 0.3 is 5.63 Å². The molecular formula is C10H7NO3. The van der Waals surface area contributed by atoms with E-state index >= 15 is 0 Å². The Balaban J connectivity index is 2.95. The number of benzene rings is 1. The number of fused-ring (bicyclic) bond motifs is 1. The van der Waals surface area contributed by atoms with Gasteiger partial charge in [0, 0.05) is 17.5 Å². The highest BCUT2D eigenvalue weighted by Crippen LogP contribution is 2.29. The van der Waals surface area contributed by atoms with E-state index in [4.69, 9.17) is 4.42 Å². The fourth-order valence-electron chi connectivity index (χ4n) is 1.26. The number of hydrogen-bond acceptors (Lipinski definition) is 4. The molecule has 1 aromatic heterocycles. The molecule has 4 nitrogen and oxygen atoms in total. The van der Waals surface area contributed by atoms with Crippen molar-refractivity contribution in [3.63, 3.8) is 0 Å². The second-order valence-electron chi connectivity index (χ2n) is 2.80. The third kappa shape index (κ3) is 1.26. The van der Waals surface area contributed by atoms with Gasteiger partial charge in [0.1, 0.15) is 11.4 Å². The maximum Gasteiger partial charge on any atom is 0.336 e. The first-order valence-corrected chi connectivity index (χ1v) is 3.94. The molecule has 0 bridgehead atoms. The predicted octanol–water partition coefficient (Wildman–Crippen LogP) is 1.83. The van der Waals surface area contributed by atoms with Crippen LogP contribution in [0.4, 0.5) is 5.69 Å². The third-order valence-corrected chi connectivity index (χ3v) is 1.85. The van der Waals surface area contributed by atoms with Gasteiger partial charge in [0.05, 0.1) is 0 Å². The molecule has 0 aliphatic rings. The normalized spacial score (nSPS) is 10.3. The Morgan fingerprint density at radius 2 is 2.14 bits per heavy atom. The molecule has 1 N–H and O–H groups in total. The monoisotopic (exact) mass is 189 g/mol. The van der Waals surface area contributed by atoms with E-state index in [1.165, 1.54) is 18.2 Å². The van der Waals surface area contributed by atoms with E-state index in [9.17, 15) is 9.90 Å². The summed E-state index contributed by atoms with van der Waals surface area (Å²) in [6, 6.07) is 5.73. The fourth-order valence-corrected chi connectivity index (χ4v) is 1.26. The standard InChI is InChI=1S/C10H7NO3/c1-11-8-5-7(12)4-6-2-3-9(13)14-10(6)8/h2-5,12H,1H2. The number of aromatic hydroxyl groups is 1. The Morgan fingerprint density at radius 1 is 1.36 bits per heavy atom. The first kappa shape index (κ1) is 8.50. The molecule has 70 valence electrons. The average molecular weight is 189 g/mol. The molecule has 2 rings (SSSR count). The highest BCUT2D eigenvalue weighted by molar-refractivity contribution is 5.89. The van der Waals surface area contributed by atoms with Crippen LogP contribution in [0.2, 0.25) is 0 Å². The van der Waals surface area contributed by atoms with Crippen molar-refractivity contribution in [1.82, 2.24) is 0 Å². The van der Waals surface area contributed by atoms with Crippen LogP contribution in [0.25, 0.3) is 11.0 Å². The van der Waals surface area contributed by atoms with Crippen LogP contribution in [-0.2, 0) is 0 Å². The van der Waals surface area contributed by atoms with E-state index in [0.717, 1.165) is 0 Å². The number of phenolic OH excluding ortho intramolecular Hbond substituents is 1. The van der Waals surface area contributed by atoms with Gasteiger partial charge in [-0.25, -0.2) is 4.79 Å². The van der Waals surface area contributed by atoms with E-state index in [1.807, 2.05) is 0 Å². The number of hydrogen-bond donors (Lipinski definition) is 1. The van der Waals surface area contributed by atoms with Crippen molar-refractivity contribution >= 4 is 23.4 Å². The second-order valence-corrected chi connectivity index (χ2v) is 2.80. The van der Waals surface area contributed by atoms with Crippen LogP contribution in [0.3, 0.4) is 0 Å². The quantitative estimate of drug-likeness (QED) is 0.549. The topological polar surface area (TPSA) is 62.8 Å².